The Morgan fingerprint density at radius 2 is 1.76 bits per heavy atom. The Kier molecular flexibility index (Phi) is 4.39. The van der Waals surface area contributed by atoms with Crippen molar-refractivity contribution in [3.05, 3.63) is 64.4 Å². The minimum absolute atomic E-state index is 0.0895. The van der Waals surface area contributed by atoms with Gasteiger partial charge in [-0.1, -0.05) is 35.9 Å². The van der Waals surface area contributed by atoms with Crippen molar-refractivity contribution in [1.82, 2.24) is 0 Å². The number of ether oxygens (including phenoxy) is 1. The van der Waals surface area contributed by atoms with Gasteiger partial charge < -0.3 is 10.5 Å². The van der Waals surface area contributed by atoms with E-state index in [4.69, 9.17) is 17.3 Å². The summed E-state index contributed by atoms with van der Waals surface area (Å²) in [6.45, 7) is 0. The highest BCUT2D eigenvalue weighted by atomic mass is 35.5. The van der Waals surface area contributed by atoms with Crippen molar-refractivity contribution in [2.24, 2.45) is 5.73 Å². The van der Waals surface area contributed by atoms with Crippen LogP contribution in [0.15, 0.2) is 42.5 Å². The zero-order valence-corrected chi connectivity index (χ0v) is 11.3. The monoisotopic (exact) mass is 319 g/mol. The standard InChI is InChI=1S/C14H10ClF4NO/c15-11-6-2-5-10(12(11)16)13(20)8-3-1-4-9(7-8)21-14(17,18)19/h1-7,13H,20H2. The molecule has 0 bridgehead atoms. The van der Waals surface area contributed by atoms with Crippen LogP contribution in [0.25, 0.3) is 0 Å². The molecule has 0 aromatic heterocycles. The molecule has 2 aromatic rings. The van der Waals surface area contributed by atoms with Gasteiger partial charge in [0, 0.05) is 5.56 Å². The molecule has 2 aromatic carbocycles. The molecule has 2 nitrogen and oxygen atoms in total. The molecule has 7 heteroatoms. The van der Waals surface area contributed by atoms with E-state index < -0.39 is 24.0 Å². The molecular formula is C14H10ClF4NO. The van der Waals surface area contributed by atoms with Gasteiger partial charge in [0.2, 0.25) is 0 Å². The van der Waals surface area contributed by atoms with Crippen molar-refractivity contribution in [3.8, 4) is 5.75 Å². The molecule has 0 spiro atoms. The largest absolute Gasteiger partial charge is 0.573 e. The second-order valence-electron chi connectivity index (χ2n) is 4.24. The van der Waals surface area contributed by atoms with Gasteiger partial charge in [0.1, 0.15) is 11.6 Å². The Hall–Kier alpha value is -1.79. The summed E-state index contributed by atoms with van der Waals surface area (Å²) in [5.41, 5.74) is 6.25. The van der Waals surface area contributed by atoms with Gasteiger partial charge in [-0.2, -0.15) is 0 Å². The van der Waals surface area contributed by atoms with E-state index >= 15 is 0 Å². The maximum absolute atomic E-state index is 13.9. The lowest BCUT2D eigenvalue weighted by molar-refractivity contribution is -0.274. The van der Waals surface area contributed by atoms with Gasteiger partial charge >= 0.3 is 6.36 Å². The molecule has 0 fully saturated rings. The van der Waals surface area contributed by atoms with Crippen LogP contribution in [0.3, 0.4) is 0 Å². The van der Waals surface area contributed by atoms with Crippen LogP contribution in [0.1, 0.15) is 17.2 Å². The Morgan fingerprint density at radius 1 is 1.10 bits per heavy atom. The summed E-state index contributed by atoms with van der Waals surface area (Å²) in [6.07, 6.45) is -4.80. The Labute approximate surface area is 123 Å². The van der Waals surface area contributed by atoms with Crippen LogP contribution >= 0.6 is 11.6 Å². The van der Waals surface area contributed by atoms with E-state index in [0.717, 1.165) is 12.1 Å². The second-order valence-corrected chi connectivity index (χ2v) is 4.65. The number of alkyl halides is 3. The summed E-state index contributed by atoms with van der Waals surface area (Å²) in [4.78, 5) is 0. The molecule has 2 rings (SSSR count). The molecule has 0 heterocycles. The summed E-state index contributed by atoms with van der Waals surface area (Å²) in [7, 11) is 0. The average molecular weight is 320 g/mol. The third kappa shape index (κ3) is 3.86. The fourth-order valence-electron chi connectivity index (χ4n) is 1.85. The second kappa shape index (κ2) is 5.91. The number of benzene rings is 2. The molecule has 1 atom stereocenters. The van der Waals surface area contributed by atoms with E-state index in [9.17, 15) is 17.6 Å². The number of rotatable bonds is 3. The molecule has 2 N–H and O–H groups in total. The third-order valence-corrected chi connectivity index (χ3v) is 3.06. The fraction of sp³-hybridized carbons (Fsp3) is 0.143. The Bertz CT molecular complexity index is 645. The van der Waals surface area contributed by atoms with Gasteiger partial charge in [0.25, 0.3) is 0 Å². The average Bonchev–Trinajstić information content (AvgIpc) is 2.39. The first-order valence-corrected chi connectivity index (χ1v) is 6.21. The maximum atomic E-state index is 13.9. The van der Waals surface area contributed by atoms with Crippen LogP contribution in [0.5, 0.6) is 5.75 Å². The van der Waals surface area contributed by atoms with Crippen molar-refractivity contribution >= 4 is 11.6 Å². The maximum Gasteiger partial charge on any atom is 0.573 e. The van der Waals surface area contributed by atoms with E-state index in [0.29, 0.717) is 0 Å². The first-order chi connectivity index (χ1) is 9.78. The predicted molar refractivity (Wildman–Crippen MR) is 70.6 cm³/mol. The highest BCUT2D eigenvalue weighted by Gasteiger charge is 2.31. The zero-order chi connectivity index (χ0) is 15.6. The molecule has 0 aliphatic heterocycles. The molecule has 21 heavy (non-hydrogen) atoms. The highest BCUT2D eigenvalue weighted by Crippen LogP contribution is 2.29. The number of hydrogen-bond acceptors (Lipinski definition) is 2. The SMILES string of the molecule is NC(c1cccc(OC(F)(F)F)c1)c1cccc(Cl)c1F. The van der Waals surface area contributed by atoms with Crippen LogP contribution in [0, 0.1) is 5.82 Å². The van der Waals surface area contributed by atoms with Gasteiger partial charge in [0.05, 0.1) is 11.1 Å². The molecule has 0 saturated carbocycles. The van der Waals surface area contributed by atoms with Crippen LogP contribution in [0.4, 0.5) is 17.6 Å². The number of hydrogen-bond donors (Lipinski definition) is 1. The lowest BCUT2D eigenvalue weighted by atomic mass is 9.99. The lowest BCUT2D eigenvalue weighted by Crippen LogP contribution is -2.18. The van der Waals surface area contributed by atoms with Gasteiger partial charge in [-0.25, -0.2) is 4.39 Å². The number of nitrogens with two attached hydrogens (primary N) is 1. The van der Waals surface area contributed by atoms with Crippen LogP contribution < -0.4 is 10.5 Å². The van der Waals surface area contributed by atoms with E-state index in [-0.39, 0.29) is 16.1 Å². The smallest absolute Gasteiger partial charge is 0.406 e. The summed E-state index contributed by atoms with van der Waals surface area (Å²) >= 11 is 5.66. The van der Waals surface area contributed by atoms with E-state index in [1.54, 1.807) is 0 Å². The summed E-state index contributed by atoms with van der Waals surface area (Å²) < 4.78 is 54.2. The summed E-state index contributed by atoms with van der Waals surface area (Å²) in [5, 5.41) is -0.106. The van der Waals surface area contributed by atoms with Gasteiger partial charge in [-0.3, -0.25) is 0 Å². The normalized spacial score (nSPS) is 13.0. The van der Waals surface area contributed by atoms with E-state index in [1.165, 1.54) is 30.3 Å². The van der Waals surface area contributed by atoms with Gasteiger partial charge in [0.15, 0.2) is 0 Å². The van der Waals surface area contributed by atoms with Crippen molar-refractivity contribution in [1.29, 1.82) is 0 Å². The molecule has 0 saturated heterocycles. The minimum atomic E-state index is -4.80. The molecule has 0 aliphatic carbocycles. The van der Waals surface area contributed by atoms with Gasteiger partial charge in [-0.05, 0) is 23.8 Å². The molecule has 112 valence electrons. The van der Waals surface area contributed by atoms with Crippen LogP contribution in [-0.4, -0.2) is 6.36 Å². The van der Waals surface area contributed by atoms with Crippen LogP contribution in [0.2, 0.25) is 5.02 Å². The van der Waals surface area contributed by atoms with Gasteiger partial charge in [-0.15, -0.1) is 13.2 Å². The molecule has 0 radical (unpaired) electrons. The first-order valence-electron chi connectivity index (χ1n) is 5.83. The van der Waals surface area contributed by atoms with Crippen molar-refractivity contribution < 1.29 is 22.3 Å². The summed E-state index contributed by atoms with van der Waals surface area (Å²) in [5.74, 6) is -1.12. The highest BCUT2D eigenvalue weighted by molar-refractivity contribution is 6.30. The minimum Gasteiger partial charge on any atom is -0.406 e. The van der Waals surface area contributed by atoms with E-state index in [2.05, 4.69) is 4.74 Å². The molecule has 0 aliphatic rings. The Morgan fingerprint density at radius 3 is 2.43 bits per heavy atom. The third-order valence-electron chi connectivity index (χ3n) is 2.77. The summed E-state index contributed by atoms with van der Waals surface area (Å²) in [6, 6.07) is 8.40. The molecule has 0 amide bonds. The van der Waals surface area contributed by atoms with Crippen molar-refractivity contribution in [2.75, 3.05) is 0 Å². The molecule has 1 unspecified atom stereocenters. The van der Waals surface area contributed by atoms with E-state index in [1.807, 2.05) is 0 Å². The quantitative estimate of drug-likeness (QED) is 0.850. The zero-order valence-electron chi connectivity index (χ0n) is 10.5. The predicted octanol–water partition coefficient (Wildman–Crippen LogP) is 4.43. The first kappa shape index (κ1) is 15.6. The van der Waals surface area contributed by atoms with Crippen molar-refractivity contribution in [2.45, 2.75) is 12.4 Å². The van der Waals surface area contributed by atoms with Crippen LogP contribution in [-0.2, 0) is 0 Å². The fourth-order valence-corrected chi connectivity index (χ4v) is 2.03. The van der Waals surface area contributed by atoms with Crippen molar-refractivity contribution in [3.63, 3.8) is 0 Å². The Balaban J connectivity index is 2.33. The molecular weight excluding hydrogens is 310 g/mol. The lowest BCUT2D eigenvalue weighted by Gasteiger charge is -2.16. The number of halogens is 5. The topological polar surface area (TPSA) is 35.2 Å².